The summed E-state index contributed by atoms with van der Waals surface area (Å²) in [6.07, 6.45) is 4.82. The number of nitrogens with one attached hydrogen (secondary N) is 2. The fourth-order valence-electron chi connectivity index (χ4n) is 3.44. The van der Waals surface area contributed by atoms with Crippen molar-refractivity contribution in [2.24, 2.45) is 5.41 Å². The van der Waals surface area contributed by atoms with E-state index in [1.807, 2.05) is 0 Å². The summed E-state index contributed by atoms with van der Waals surface area (Å²) in [7, 11) is 1.74. The Kier molecular flexibility index (Phi) is 3.66. The lowest BCUT2D eigenvalue weighted by atomic mass is 9.70. The van der Waals surface area contributed by atoms with Crippen molar-refractivity contribution >= 4 is 0 Å². The minimum absolute atomic E-state index is 0.0107. The first kappa shape index (κ1) is 14.7. The van der Waals surface area contributed by atoms with E-state index in [4.69, 9.17) is 9.72 Å². The van der Waals surface area contributed by atoms with E-state index in [1.54, 1.807) is 7.11 Å². The van der Waals surface area contributed by atoms with Gasteiger partial charge in [0.2, 0.25) is 0 Å². The van der Waals surface area contributed by atoms with Gasteiger partial charge >= 0.3 is 0 Å². The first-order chi connectivity index (χ1) is 9.96. The van der Waals surface area contributed by atoms with Gasteiger partial charge in [0.05, 0.1) is 11.3 Å². The van der Waals surface area contributed by atoms with E-state index < -0.39 is 5.60 Å². The molecule has 21 heavy (non-hydrogen) atoms. The Bertz CT molecular complexity index is 582. The SMILES string of the molecule is COC1(c2nc3c(c(=O)[nH]2)CNCC3)CCC(C)(C)CC1. The summed E-state index contributed by atoms with van der Waals surface area (Å²) in [5.41, 5.74) is 1.64. The van der Waals surface area contributed by atoms with Crippen LogP contribution in [0.5, 0.6) is 0 Å². The van der Waals surface area contributed by atoms with Crippen LogP contribution in [-0.2, 0) is 23.3 Å². The van der Waals surface area contributed by atoms with Crippen molar-refractivity contribution in [2.75, 3.05) is 13.7 Å². The van der Waals surface area contributed by atoms with E-state index in [2.05, 4.69) is 24.1 Å². The molecule has 1 fully saturated rings. The molecule has 5 heteroatoms. The highest BCUT2D eigenvalue weighted by Crippen LogP contribution is 2.45. The zero-order chi connectivity index (χ0) is 15.1. The Morgan fingerprint density at radius 2 is 1.90 bits per heavy atom. The van der Waals surface area contributed by atoms with Crippen molar-refractivity contribution in [3.63, 3.8) is 0 Å². The summed E-state index contributed by atoms with van der Waals surface area (Å²) >= 11 is 0. The number of hydrogen-bond donors (Lipinski definition) is 2. The molecule has 0 bridgehead atoms. The number of aromatic amines is 1. The van der Waals surface area contributed by atoms with Gasteiger partial charge in [-0.3, -0.25) is 4.79 Å². The smallest absolute Gasteiger partial charge is 0.255 e. The van der Waals surface area contributed by atoms with Gasteiger partial charge in [-0.05, 0) is 31.1 Å². The van der Waals surface area contributed by atoms with Crippen LogP contribution in [0.3, 0.4) is 0 Å². The Morgan fingerprint density at radius 3 is 2.57 bits per heavy atom. The minimum Gasteiger partial charge on any atom is -0.370 e. The predicted octanol–water partition coefficient (Wildman–Crippen LogP) is 1.86. The average molecular weight is 291 g/mol. The molecule has 3 rings (SSSR count). The van der Waals surface area contributed by atoms with E-state index in [1.165, 1.54) is 0 Å². The van der Waals surface area contributed by atoms with Gasteiger partial charge in [-0.25, -0.2) is 4.98 Å². The van der Waals surface area contributed by atoms with Crippen LogP contribution in [0.25, 0.3) is 0 Å². The first-order valence-corrected chi connectivity index (χ1v) is 7.84. The third-order valence-corrected chi connectivity index (χ3v) is 5.18. The van der Waals surface area contributed by atoms with Crippen LogP contribution in [0, 0.1) is 5.41 Å². The van der Waals surface area contributed by atoms with Gasteiger partial charge in [-0.2, -0.15) is 0 Å². The maximum absolute atomic E-state index is 12.3. The van der Waals surface area contributed by atoms with Crippen LogP contribution in [0.1, 0.15) is 56.6 Å². The predicted molar refractivity (Wildman–Crippen MR) is 81.2 cm³/mol. The summed E-state index contributed by atoms with van der Waals surface area (Å²) in [5, 5.41) is 3.22. The molecule has 0 saturated heterocycles. The first-order valence-electron chi connectivity index (χ1n) is 7.84. The maximum atomic E-state index is 12.3. The summed E-state index contributed by atoms with van der Waals surface area (Å²) in [6.45, 7) is 6.09. The molecule has 0 radical (unpaired) electrons. The lowest BCUT2D eigenvalue weighted by Gasteiger charge is -2.42. The van der Waals surface area contributed by atoms with Crippen LogP contribution in [-0.4, -0.2) is 23.6 Å². The van der Waals surface area contributed by atoms with Gasteiger partial charge in [0.25, 0.3) is 5.56 Å². The molecule has 5 nitrogen and oxygen atoms in total. The number of rotatable bonds is 2. The molecular weight excluding hydrogens is 266 g/mol. The Labute approximate surface area is 125 Å². The van der Waals surface area contributed by atoms with E-state index >= 15 is 0 Å². The molecule has 1 saturated carbocycles. The van der Waals surface area contributed by atoms with Crippen molar-refractivity contribution in [1.82, 2.24) is 15.3 Å². The lowest BCUT2D eigenvalue weighted by Crippen LogP contribution is -2.41. The number of fused-ring (bicyclic) bond motifs is 1. The molecular formula is C16H25N3O2. The van der Waals surface area contributed by atoms with E-state index in [0.29, 0.717) is 12.0 Å². The zero-order valence-electron chi connectivity index (χ0n) is 13.2. The highest BCUT2D eigenvalue weighted by molar-refractivity contribution is 5.22. The summed E-state index contributed by atoms with van der Waals surface area (Å²) in [5.74, 6) is 0.728. The van der Waals surface area contributed by atoms with Crippen molar-refractivity contribution in [3.8, 4) is 0 Å². The molecule has 2 aliphatic rings. The molecule has 0 unspecified atom stereocenters. The van der Waals surface area contributed by atoms with Gasteiger partial charge in [0, 0.05) is 26.6 Å². The zero-order valence-corrected chi connectivity index (χ0v) is 13.2. The Morgan fingerprint density at radius 1 is 1.19 bits per heavy atom. The normalized spacial score (nSPS) is 23.6. The molecule has 1 aromatic rings. The van der Waals surface area contributed by atoms with Crippen molar-refractivity contribution in [1.29, 1.82) is 0 Å². The largest absolute Gasteiger partial charge is 0.370 e. The standard InChI is InChI=1S/C16H25N3O2/c1-15(2)5-7-16(21-3,8-6-15)14-18-12-4-9-17-10-11(12)13(20)19-14/h17H,4-10H2,1-3H3,(H,18,19,20). The monoisotopic (exact) mass is 291 g/mol. The van der Waals surface area contributed by atoms with Gasteiger partial charge in [0.1, 0.15) is 11.4 Å². The summed E-state index contributed by atoms with van der Waals surface area (Å²) in [6, 6.07) is 0. The second kappa shape index (κ2) is 5.21. The molecule has 0 aromatic carbocycles. The number of methoxy groups -OCH3 is 1. The molecule has 0 amide bonds. The summed E-state index contributed by atoms with van der Waals surface area (Å²) in [4.78, 5) is 20.1. The van der Waals surface area contributed by atoms with Crippen LogP contribution in [0.4, 0.5) is 0 Å². The molecule has 1 aliphatic carbocycles. The fourth-order valence-corrected chi connectivity index (χ4v) is 3.44. The van der Waals surface area contributed by atoms with Crippen molar-refractivity contribution < 1.29 is 4.74 Å². The van der Waals surface area contributed by atoms with Gasteiger partial charge in [0.15, 0.2) is 0 Å². The third kappa shape index (κ3) is 2.64. The Balaban J connectivity index is 1.98. The van der Waals surface area contributed by atoms with Crippen LogP contribution in [0.15, 0.2) is 4.79 Å². The third-order valence-electron chi connectivity index (χ3n) is 5.18. The maximum Gasteiger partial charge on any atom is 0.255 e. The van der Waals surface area contributed by atoms with Crippen molar-refractivity contribution in [3.05, 3.63) is 27.4 Å². The average Bonchev–Trinajstić information content (AvgIpc) is 2.48. The number of ether oxygens (including phenoxy) is 1. The number of nitrogens with zero attached hydrogens (tertiary/aromatic N) is 1. The topological polar surface area (TPSA) is 67.0 Å². The molecule has 2 heterocycles. The quantitative estimate of drug-likeness (QED) is 0.873. The highest BCUT2D eigenvalue weighted by Gasteiger charge is 2.42. The van der Waals surface area contributed by atoms with E-state index in [0.717, 1.165) is 55.7 Å². The molecule has 2 N–H and O–H groups in total. The van der Waals surface area contributed by atoms with E-state index in [9.17, 15) is 4.79 Å². The minimum atomic E-state index is -0.422. The van der Waals surface area contributed by atoms with Gasteiger partial charge in [-0.1, -0.05) is 13.8 Å². The second-order valence-electron chi connectivity index (χ2n) is 7.13. The lowest BCUT2D eigenvalue weighted by molar-refractivity contribution is -0.0732. The molecule has 1 aliphatic heterocycles. The van der Waals surface area contributed by atoms with Crippen LogP contribution < -0.4 is 10.9 Å². The van der Waals surface area contributed by atoms with Crippen LogP contribution >= 0.6 is 0 Å². The molecule has 0 spiro atoms. The van der Waals surface area contributed by atoms with Gasteiger partial charge < -0.3 is 15.0 Å². The highest BCUT2D eigenvalue weighted by atomic mass is 16.5. The molecule has 1 aromatic heterocycles. The van der Waals surface area contributed by atoms with Gasteiger partial charge in [-0.15, -0.1) is 0 Å². The second-order valence-corrected chi connectivity index (χ2v) is 7.13. The van der Waals surface area contributed by atoms with Crippen molar-refractivity contribution in [2.45, 2.75) is 58.1 Å². The molecule has 0 atom stereocenters. The number of aromatic nitrogens is 2. The van der Waals surface area contributed by atoms with E-state index in [-0.39, 0.29) is 5.56 Å². The number of H-pyrrole nitrogens is 1. The van der Waals surface area contributed by atoms with Crippen LogP contribution in [0.2, 0.25) is 0 Å². The molecule has 116 valence electrons. The number of hydrogen-bond acceptors (Lipinski definition) is 4. The summed E-state index contributed by atoms with van der Waals surface area (Å²) < 4.78 is 5.86. The Hall–Kier alpha value is -1.20. The fraction of sp³-hybridized carbons (Fsp3) is 0.750.